The predicted octanol–water partition coefficient (Wildman–Crippen LogP) is 2.15. The number of amides is 1. The Morgan fingerprint density at radius 3 is 2.52 bits per heavy atom. The number of hydrogen-bond donors (Lipinski definition) is 1. The fourth-order valence-corrected chi connectivity index (χ4v) is 3.97. The Labute approximate surface area is 145 Å². The third-order valence-electron chi connectivity index (χ3n) is 5.14. The second-order valence-electron chi connectivity index (χ2n) is 6.88. The minimum absolute atomic E-state index is 0.00901. The summed E-state index contributed by atoms with van der Waals surface area (Å²) in [6.45, 7) is 0.188. The fraction of sp³-hybridized carbons (Fsp3) is 0.556. The van der Waals surface area contributed by atoms with Crippen LogP contribution in [0.15, 0.2) is 30.3 Å². The van der Waals surface area contributed by atoms with Crippen molar-refractivity contribution < 1.29 is 28.9 Å². The van der Waals surface area contributed by atoms with Crippen molar-refractivity contribution >= 4 is 12.1 Å². The molecular formula is C18H21NO6. The van der Waals surface area contributed by atoms with Crippen LogP contribution >= 0.6 is 0 Å². The molecule has 1 aromatic rings. The van der Waals surface area contributed by atoms with Gasteiger partial charge >= 0.3 is 12.1 Å². The average molecular weight is 347 g/mol. The lowest BCUT2D eigenvalue weighted by Gasteiger charge is -2.24. The minimum atomic E-state index is -1.07. The average Bonchev–Trinajstić information content (AvgIpc) is 3.27. The topological polar surface area (TPSA) is 85.3 Å². The Morgan fingerprint density at radius 1 is 1.20 bits per heavy atom. The monoisotopic (exact) mass is 347 g/mol. The molecule has 1 aliphatic carbocycles. The van der Waals surface area contributed by atoms with Crippen LogP contribution in [0.3, 0.4) is 0 Å². The number of aliphatic carboxylic acids is 1. The van der Waals surface area contributed by atoms with E-state index in [9.17, 15) is 14.7 Å². The van der Waals surface area contributed by atoms with Crippen LogP contribution in [0, 0.1) is 0 Å². The van der Waals surface area contributed by atoms with Crippen molar-refractivity contribution in [1.29, 1.82) is 0 Å². The lowest BCUT2D eigenvalue weighted by molar-refractivity contribution is -0.170. The van der Waals surface area contributed by atoms with Crippen molar-refractivity contribution in [1.82, 2.24) is 4.90 Å². The van der Waals surface area contributed by atoms with E-state index in [-0.39, 0.29) is 31.8 Å². The van der Waals surface area contributed by atoms with Crippen LogP contribution in [0.1, 0.15) is 31.2 Å². The number of carboxylic acid groups (broad SMARTS) is 1. The first-order valence-corrected chi connectivity index (χ1v) is 8.62. The van der Waals surface area contributed by atoms with Crippen molar-refractivity contribution in [3.63, 3.8) is 0 Å². The lowest BCUT2D eigenvalue weighted by atomic mass is 10.1. The maximum Gasteiger partial charge on any atom is 0.411 e. The highest BCUT2D eigenvalue weighted by atomic mass is 16.8. The molecule has 2 aliphatic heterocycles. The minimum Gasteiger partial charge on any atom is -0.480 e. The molecule has 0 bridgehead atoms. The standard InChI is InChI=1S/C18H21NO6/c20-16(21)13-9-18(24-14-7-4-8-15(14)25-18)11-19(13)17(22)23-10-12-5-2-1-3-6-12/h1-3,5-6,13-15H,4,7-11H2,(H,20,21). The van der Waals surface area contributed by atoms with E-state index in [1.54, 1.807) is 0 Å². The Bertz CT molecular complexity index is 651. The molecule has 2 heterocycles. The van der Waals surface area contributed by atoms with E-state index in [4.69, 9.17) is 14.2 Å². The van der Waals surface area contributed by atoms with Gasteiger partial charge in [0.1, 0.15) is 12.6 Å². The molecule has 3 fully saturated rings. The van der Waals surface area contributed by atoms with Gasteiger partial charge in [-0.1, -0.05) is 30.3 Å². The fourth-order valence-electron chi connectivity index (χ4n) is 3.97. The number of nitrogens with zero attached hydrogens (tertiary/aromatic N) is 1. The molecule has 7 heteroatoms. The van der Waals surface area contributed by atoms with Gasteiger partial charge in [0.05, 0.1) is 18.8 Å². The van der Waals surface area contributed by atoms with Crippen LogP contribution in [0.5, 0.6) is 0 Å². The zero-order valence-electron chi connectivity index (χ0n) is 13.8. The molecule has 134 valence electrons. The molecule has 3 unspecified atom stereocenters. The molecule has 1 N–H and O–H groups in total. The van der Waals surface area contributed by atoms with Crippen molar-refractivity contribution in [2.24, 2.45) is 0 Å². The van der Waals surface area contributed by atoms with Gasteiger partial charge in [0, 0.05) is 6.42 Å². The number of ether oxygens (including phenoxy) is 3. The van der Waals surface area contributed by atoms with Gasteiger partial charge in [0.25, 0.3) is 0 Å². The van der Waals surface area contributed by atoms with E-state index in [1.807, 2.05) is 30.3 Å². The highest BCUT2D eigenvalue weighted by molar-refractivity contribution is 5.81. The van der Waals surface area contributed by atoms with E-state index in [1.165, 1.54) is 4.90 Å². The molecule has 1 aromatic carbocycles. The number of carboxylic acids is 1. The summed E-state index contributed by atoms with van der Waals surface area (Å²) in [5, 5.41) is 9.50. The maximum absolute atomic E-state index is 12.4. The highest BCUT2D eigenvalue weighted by Crippen LogP contribution is 2.44. The number of fused-ring (bicyclic) bond motifs is 1. The zero-order valence-corrected chi connectivity index (χ0v) is 13.8. The third-order valence-corrected chi connectivity index (χ3v) is 5.14. The quantitative estimate of drug-likeness (QED) is 0.902. The van der Waals surface area contributed by atoms with Crippen molar-refractivity contribution in [2.75, 3.05) is 6.54 Å². The highest BCUT2D eigenvalue weighted by Gasteiger charge is 2.58. The van der Waals surface area contributed by atoms with Crippen molar-refractivity contribution in [3.05, 3.63) is 35.9 Å². The molecule has 2 saturated heterocycles. The maximum atomic E-state index is 12.4. The summed E-state index contributed by atoms with van der Waals surface area (Å²) in [6, 6.07) is 8.28. The Hall–Kier alpha value is -2.12. The van der Waals surface area contributed by atoms with Gasteiger partial charge in [-0.25, -0.2) is 9.59 Å². The van der Waals surface area contributed by atoms with Crippen LogP contribution < -0.4 is 0 Å². The van der Waals surface area contributed by atoms with Gasteiger partial charge in [-0.3, -0.25) is 4.90 Å². The second kappa shape index (κ2) is 6.31. The molecule has 0 aromatic heterocycles. The first-order valence-electron chi connectivity index (χ1n) is 8.62. The SMILES string of the molecule is O=C(O)C1CC2(CN1C(=O)OCc1ccccc1)OC1CCCC1O2. The Kier molecular flexibility index (Phi) is 4.13. The number of hydrogen-bond acceptors (Lipinski definition) is 5. The summed E-state index contributed by atoms with van der Waals surface area (Å²) in [5.41, 5.74) is 0.847. The van der Waals surface area contributed by atoms with Gasteiger partial charge in [0.15, 0.2) is 5.79 Å². The molecule has 1 saturated carbocycles. The molecular weight excluding hydrogens is 326 g/mol. The van der Waals surface area contributed by atoms with Gasteiger partial charge < -0.3 is 19.3 Å². The molecule has 4 rings (SSSR count). The Balaban J connectivity index is 1.44. The summed E-state index contributed by atoms with van der Waals surface area (Å²) >= 11 is 0. The van der Waals surface area contributed by atoms with E-state index in [0.29, 0.717) is 0 Å². The number of likely N-dealkylation sites (tertiary alicyclic amines) is 1. The van der Waals surface area contributed by atoms with Crippen LogP contribution in [0.25, 0.3) is 0 Å². The van der Waals surface area contributed by atoms with E-state index >= 15 is 0 Å². The van der Waals surface area contributed by atoms with Gasteiger partial charge in [-0.05, 0) is 24.8 Å². The normalized spacial score (nSPS) is 33.6. The summed E-state index contributed by atoms with van der Waals surface area (Å²) in [7, 11) is 0. The molecule has 1 amide bonds. The van der Waals surface area contributed by atoms with Crippen molar-refractivity contribution in [2.45, 2.75) is 56.3 Å². The number of benzene rings is 1. The van der Waals surface area contributed by atoms with Crippen LogP contribution in [-0.4, -0.2) is 52.7 Å². The van der Waals surface area contributed by atoms with E-state index < -0.39 is 23.9 Å². The molecule has 25 heavy (non-hydrogen) atoms. The number of carbonyl (C=O) groups is 2. The molecule has 1 spiro atoms. The molecule has 7 nitrogen and oxygen atoms in total. The third kappa shape index (κ3) is 3.09. The van der Waals surface area contributed by atoms with Crippen LogP contribution in [0.4, 0.5) is 4.79 Å². The molecule has 0 radical (unpaired) electrons. The number of rotatable bonds is 3. The Morgan fingerprint density at radius 2 is 1.88 bits per heavy atom. The molecule has 3 aliphatic rings. The molecule has 3 atom stereocenters. The van der Waals surface area contributed by atoms with Gasteiger partial charge in [-0.2, -0.15) is 0 Å². The van der Waals surface area contributed by atoms with Crippen LogP contribution in [-0.2, 0) is 25.6 Å². The smallest absolute Gasteiger partial charge is 0.411 e. The summed E-state index contributed by atoms with van der Waals surface area (Å²) in [6.07, 6.45) is 2.39. The van der Waals surface area contributed by atoms with Crippen molar-refractivity contribution in [3.8, 4) is 0 Å². The van der Waals surface area contributed by atoms with Gasteiger partial charge in [-0.15, -0.1) is 0 Å². The van der Waals surface area contributed by atoms with E-state index in [0.717, 1.165) is 24.8 Å². The summed E-state index contributed by atoms with van der Waals surface area (Å²) in [5.74, 6) is -2.08. The zero-order chi connectivity index (χ0) is 17.4. The summed E-state index contributed by atoms with van der Waals surface area (Å²) < 4.78 is 17.3. The van der Waals surface area contributed by atoms with E-state index in [2.05, 4.69) is 0 Å². The first-order chi connectivity index (χ1) is 12.1. The lowest BCUT2D eigenvalue weighted by Crippen LogP contribution is -2.41. The van der Waals surface area contributed by atoms with Crippen LogP contribution in [0.2, 0.25) is 0 Å². The van der Waals surface area contributed by atoms with Gasteiger partial charge in [0.2, 0.25) is 0 Å². The second-order valence-corrected chi connectivity index (χ2v) is 6.88. The number of carbonyl (C=O) groups excluding carboxylic acids is 1. The largest absolute Gasteiger partial charge is 0.480 e. The first kappa shape index (κ1) is 16.4. The summed E-state index contributed by atoms with van der Waals surface area (Å²) in [4.78, 5) is 25.3. The predicted molar refractivity (Wildman–Crippen MR) is 85.7 cm³/mol.